The summed E-state index contributed by atoms with van der Waals surface area (Å²) in [5.74, 6) is -0.661. The lowest BCUT2D eigenvalue weighted by Crippen LogP contribution is -2.53. The molecule has 33 heavy (non-hydrogen) atoms. The Morgan fingerprint density at radius 1 is 1.18 bits per heavy atom. The molecule has 3 aromatic heterocycles. The summed E-state index contributed by atoms with van der Waals surface area (Å²) in [5.41, 5.74) is 0.0777. The zero-order valence-electron chi connectivity index (χ0n) is 18.0. The van der Waals surface area contributed by atoms with E-state index in [1.165, 1.54) is 23.4 Å². The van der Waals surface area contributed by atoms with E-state index in [4.69, 9.17) is 4.98 Å². The lowest BCUT2D eigenvalue weighted by atomic mass is 9.85. The number of hydrogen-bond acceptors (Lipinski definition) is 6. The van der Waals surface area contributed by atoms with Crippen molar-refractivity contribution >= 4 is 0 Å². The molecule has 10 heteroatoms. The van der Waals surface area contributed by atoms with E-state index in [0.717, 1.165) is 29.2 Å². The van der Waals surface area contributed by atoms with E-state index in [1.54, 1.807) is 12.4 Å². The number of hydrogen-bond donors (Lipinski definition) is 1. The zero-order valence-corrected chi connectivity index (χ0v) is 18.0. The Labute approximate surface area is 189 Å². The summed E-state index contributed by atoms with van der Waals surface area (Å²) in [6.07, 6.45) is 8.29. The van der Waals surface area contributed by atoms with Crippen LogP contribution in [0.4, 0.5) is 8.78 Å². The molecular formula is C23H23F2N7O. The van der Waals surface area contributed by atoms with Crippen molar-refractivity contribution in [1.29, 1.82) is 0 Å². The first-order chi connectivity index (χ1) is 15.9. The van der Waals surface area contributed by atoms with Gasteiger partial charge in [0.2, 0.25) is 0 Å². The Hall–Kier alpha value is -3.50. The normalized spacial score (nSPS) is 16.8. The molecule has 0 saturated carbocycles. The van der Waals surface area contributed by atoms with Crippen LogP contribution >= 0.6 is 0 Å². The van der Waals surface area contributed by atoms with Crippen molar-refractivity contribution in [2.75, 3.05) is 6.54 Å². The second kappa shape index (κ2) is 8.45. The highest BCUT2D eigenvalue weighted by Crippen LogP contribution is 2.34. The van der Waals surface area contributed by atoms with Crippen molar-refractivity contribution < 1.29 is 13.9 Å². The van der Waals surface area contributed by atoms with Crippen molar-refractivity contribution in [2.24, 2.45) is 0 Å². The topological polar surface area (TPSA) is 84.9 Å². The van der Waals surface area contributed by atoms with Crippen LogP contribution in [0.15, 0.2) is 61.6 Å². The first kappa shape index (κ1) is 21.4. The minimum Gasteiger partial charge on any atom is -0.381 e. The summed E-state index contributed by atoms with van der Waals surface area (Å²) >= 11 is 0. The second-order valence-electron chi connectivity index (χ2n) is 8.27. The van der Waals surface area contributed by atoms with Gasteiger partial charge in [0.25, 0.3) is 0 Å². The molecule has 2 atom stereocenters. The van der Waals surface area contributed by atoms with Gasteiger partial charge in [-0.1, -0.05) is 6.07 Å². The second-order valence-corrected chi connectivity index (χ2v) is 8.27. The Bertz CT molecular complexity index is 1250. The highest BCUT2D eigenvalue weighted by molar-refractivity contribution is 5.57. The van der Waals surface area contributed by atoms with Crippen LogP contribution in [0, 0.1) is 11.6 Å². The van der Waals surface area contributed by atoms with Gasteiger partial charge in [-0.25, -0.2) is 23.4 Å². The number of pyridine rings is 1. The third-order valence-electron chi connectivity index (χ3n) is 6.30. The first-order valence-electron chi connectivity index (χ1n) is 10.6. The van der Waals surface area contributed by atoms with Gasteiger partial charge in [0.05, 0.1) is 18.8 Å². The summed E-state index contributed by atoms with van der Waals surface area (Å²) in [6.45, 7) is 3.55. The van der Waals surface area contributed by atoms with Crippen molar-refractivity contribution in [3.63, 3.8) is 0 Å². The van der Waals surface area contributed by atoms with Gasteiger partial charge in [0.15, 0.2) is 0 Å². The first-order valence-corrected chi connectivity index (χ1v) is 10.6. The molecule has 0 saturated heterocycles. The van der Waals surface area contributed by atoms with Crippen LogP contribution in [0.25, 0.3) is 11.3 Å². The third-order valence-corrected chi connectivity index (χ3v) is 6.30. The molecule has 0 fully saturated rings. The van der Waals surface area contributed by atoms with E-state index >= 15 is 0 Å². The lowest BCUT2D eigenvalue weighted by molar-refractivity contribution is -0.0709. The van der Waals surface area contributed by atoms with Gasteiger partial charge in [-0.15, -0.1) is 0 Å². The molecule has 4 aromatic rings. The van der Waals surface area contributed by atoms with E-state index in [2.05, 4.69) is 24.5 Å². The van der Waals surface area contributed by atoms with Crippen molar-refractivity contribution in [2.45, 2.75) is 38.2 Å². The minimum atomic E-state index is -1.69. The molecule has 0 aliphatic carbocycles. The lowest BCUT2D eigenvalue weighted by Gasteiger charge is -2.42. The van der Waals surface area contributed by atoms with Crippen LogP contribution in [0.3, 0.4) is 0 Å². The van der Waals surface area contributed by atoms with Gasteiger partial charge in [-0.2, -0.15) is 5.10 Å². The molecule has 0 amide bonds. The number of benzene rings is 1. The van der Waals surface area contributed by atoms with Gasteiger partial charge in [0, 0.05) is 54.9 Å². The third kappa shape index (κ3) is 4.03. The van der Waals surface area contributed by atoms with Gasteiger partial charge in [-0.3, -0.25) is 9.88 Å². The molecule has 0 spiro atoms. The summed E-state index contributed by atoms with van der Waals surface area (Å²) in [4.78, 5) is 14.9. The van der Waals surface area contributed by atoms with Crippen LogP contribution in [0.2, 0.25) is 0 Å². The summed E-state index contributed by atoms with van der Waals surface area (Å²) in [6, 6.07) is 6.52. The van der Waals surface area contributed by atoms with Crippen LogP contribution in [0.5, 0.6) is 0 Å². The summed E-state index contributed by atoms with van der Waals surface area (Å²) < 4.78 is 32.0. The molecule has 4 heterocycles. The SMILES string of the molecule is C[C@@H](N1CCn2cc(-c3cccnc3)nc2C1)[C@](O)(Cn1cncn1)c1ccc(F)cc1F. The van der Waals surface area contributed by atoms with Crippen LogP contribution in [-0.2, 0) is 25.2 Å². The van der Waals surface area contributed by atoms with Gasteiger partial charge < -0.3 is 9.67 Å². The minimum absolute atomic E-state index is 0.0110. The fraction of sp³-hybridized carbons (Fsp3) is 0.304. The van der Waals surface area contributed by atoms with E-state index < -0.39 is 23.3 Å². The van der Waals surface area contributed by atoms with Crippen LogP contribution in [-0.4, -0.2) is 51.9 Å². The quantitative estimate of drug-likeness (QED) is 0.485. The maximum Gasteiger partial charge on any atom is 0.137 e. The molecular weight excluding hydrogens is 428 g/mol. The summed E-state index contributed by atoms with van der Waals surface area (Å²) in [7, 11) is 0. The molecule has 0 unspecified atom stereocenters. The van der Waals surface area contributed by atoms with E-state index in [-0.39, 0.29) is 12.1 Å². The van der Waals surface area contributed by atoms with Crippen molar-refractivity contribution in [3.05, 3.63) is 84.6 Å². The predicted octanol–water partition coefficient (Wildman–Crippen LogP) is 2.61. The Balaban J connectivity index is 1.46. The molecule has 1 N–H and O–H groups in total. The number of aliphatic hydroxyl groups is 1. The van der Waals surface area contributed by atoms with Crippen molar-refractivity contribution in [3.8, 4) is 11.3 Å². The van der Waals surface area contributed by atoms with Crippen molar-refractivity contribution in [1.82, 2.24) is 34.2 Å². The van der Waals surface area contributed by atoms with Gasteiger partial charge >= 0.3 is 0 Å². The number of nitrogens with zero attached hydrogens (tertiary/aromatic N) is 7. The molecule has 5 rings (SSSR count). The maximum absolute atomic E-state index is 14.8. The Morgan fingerprint density at radius 2 is 2.06 bits per heavy atom. The largest absolute Gasteiger partial charge is 0.381 e. The van der Waals surface area contributed by atoms with Crippen LogP contribution in [0.1, 0.15) is 18.3 Å². The molecule has 0 bridgehead atoms. The fourth-order valence-corrected chi connectivity index (χ4v) is 4.40. The van der Waals surface area contributed by atoms with E-state index in [0.29, 0.717) is 19.6 Å². The number of rotatable bonds is 6. The van der Waals surface area contributed by atoms with E-state index in [1.807, 2.05) is 25.3 Å². The zero-order chi connectivity index (χ0) is 23.0. The standard InChI is InChI=1S/C23H23F2N7O/c1-16(23(33,13-32-15-27-14-28-32)19-5-4-18(24)9-20(19)25)30-7-8-31-11-21(29-22(31)12-30)17-3-2-6-26-10-17/h2-6,9-11,14-16,33H,7-8,12-13H2,1H3/t16-,23-/m1/s1. The summed E-state index contributed by atoms with van der Waals surface area (Å²) in [5, 5.41) is 15.9. The molecule has 1 aliphatic heterocycles. The maximum atomic E-state index is 14.8. The molecule has 0 radical (unpaired) electrons. The molecule has 170 valence electrons. The highest BCUT2D eigenvalue weighted by atomic mass is 19.1. The van der Waals surface area contributed by atoms with Crippen LogP contribution < -0.4 is 0 Å². The number of fused-ring (bicyclic) bond motifs is 1. The number of halogens is 2. The predicted molar refractivity (Wildman–Crippen MR) is 116 cm³/mol. The number of aromatic nitrogens is 6. The Morgan fingerprint density at radius 3 is 2.79 bits per heavy atom. The van der Waals surface area contributed by atoms with Gasteiger partial charge in [-0.05, 0) is 25.1 Å². The fourth-order valence-electron chi connectivity index (χ4n) is 4.40. The smallest absolute Gasteiger partial charge is 0.137 e. The van der Waals surface area contributed by atoms with E-state index in [9.17, 15) is 13.9 Å². The Kier molecular flexibility index (Phi) is 5.47. The average molecular weight is 451 g/mol. The van der Waals surface area contributed by atoms with Gasteiger partial charge in [0.1, 0.15) is 35.7 Å². The highest BCUT2D eigenvalue weighted by Gasteiger charge is 2.43. The molecule has 1 aliphatic rings. The molecule has 1 aromatic carbocycles. The molecule has 8 nitrogen and oxygen atoms in total. The average Bonchev–Trinajstić information content (AvgIpc) is 3.48. The number of imidazole rings is 1. The monoisotopic (exact) mass is 451 g/mol.